The molecule has 1 aliphatic rings. The number of hydrogen-bond donors (Lipinski definition) is 1. The normalized spacial score (nSPS) is 20.0. The van der Waals surface area contributed by atoms with Gasteiger partial charge in [0.2, 0.25) is 0 Å². The maximum Gasteiger partial charge on any atom is 0.161 e. The molecule has 1 aromatic carbocycles. The molecule has 1 N–H and O–H groups in total. The molecule has 1 aromatic rings. The molecule has 1 aliphatic heterocycles. The third kappa shape index (κ3) is 5.56. The smallest absolute Gasteiger partial charge is 0.161 e. The Morgan fingerprint density at radius 1 is 1.29 bits per heavy atom. The summed E-state index contributed by atoms with van der Waals surface area (Å²) in [5, 5.41) is 3.37. The molecule has 21 heavy (non-hydrogen) atoms. The minimum atomic E-state index is 0.358. The van der Waals surface area contributed by atoms with Crippen LogP contribution in [0, 0.1) is 5.92 Å². The monoisotopic (exact) mass is 293 g/mol. The second kappa shape index (κ2) is 8.90. The first-order valence-electron chi connectivity index (χ1n) is 7.96. The first-order chi connectivity index (χ1) is 10.3. The summed E-state index contributed by atoms with van der Waals surface area (Å²) < 4.78 is 17.2. The van der Waals surface area contributed by atoms with Gasteiger partial charge in [0, 0.05) is 13.1 Å². The van der Waals surface area contributed by atoms with Gasteiger partial charge >= 0.3 is 0 Å². The van der Waals surface area contributed by atoms with Crippen LogP contribution in [0.25, 0.3) is 0 Å². The molecule has 1 heterocycles. The fourth-order valence-corrected chi connectivity index (χ4v) is 2.44. The van der Waals surface area contributed by atoms with E-state index >= 15 is 0 Å². The number of nitrogens with one attached hydrogen (secondary N) is 1. The van der Waals surface area contributed by atoms with E-state index in [2.05, 4.69) is 12.2 Å². The molecule has 0 bridgehead atoms. The van der Waals surface area contributed by atoms with E-state index in [4.69, 9.17) is 14.2 Å². The van der Waals surface area contributed by atoms with Crippen LogP contribution in [-0.2, 0) is 4.74 Å². The Labute approximate surface area is 127 Å². The van der Waals surface area contributed by atoms with Crippen molar-refractivity contribution in [2.24, 2.45) is 5.92 Å². The standard InChI is InChI=1S/C17H27NO3/c1-3-19-16-6-4-5-7-17(16)21-13-14(2)8-9-15-12-18-10-11-20-15/h4-7,14-15,18H,3,8-13H2,1-2H3. The van der Waals surface area contributed by atoms with Crippen molar-refractivity contribution in [1.82, 2.24) is 5.32 Å². The van der Waals surface area contributed by atoms with Gasteiger partial charge in [-0.1, -0.05) is 19.1 Å². The third-order valence-corrected chi connectivity index (χ3v) is 3.66. The predicted molar refractivity (Wildman–Crippen MR) is 84.1 cm³/mol. The summed E-state index contributed by atoms with van der Waals surface area (Å²) in [5.74, 6) is 2.17. The highest BCUT2D eigenvalue weighted by Gasteiger charge is 2.15. The topological polar surface area (TPSA) is 39.7 Å². The predicted octanol–water partition coefficient (Wildman–Crippen LogP) is 2.87. The molecule has 2 atom stereocenters. The number of para-hydroxylation sites is 2. The molecule has 1 fully saturated rings. The highest BCUT2D eigenvalue weighted by atomic mass is 16.5. The highest BCUT2D eigenvalue weighted by Crippen LogP contribution is 2.27. The Morgan fingerprint density at radius 3 is 2.71 bits per heavy atom. The molecule has 0 amide bonds. The first-order valence-corrected chi connectivity index (χ1v) is 7.96. The van der Waals surface area contributed by atoms with Crippen molar-refractivity contribution in [3.05, 3.63) is 24.3 Å². The Morgan fingerprint density at radius 2 is 2.05 bits per heavy atom. The minimum absolute atomic E-state index is 0.358. The molecular weight excluding hydrogens is 266 g/mol. The van der Waals surface area contributed by atoms with Crippen LogP contribution < -0.4 is 14.8 Å². The van der Waals surface area contributed by atoms with E-state index in [0.29, 0.717) is 25.2 Å². The molecule has 4 heteroatoms. The van der Waals surface area contributed by atoms with Crippen LogP contribution >= 0.6 is 0 Å². The molecule has 2 unspecified atom stereocenters. The summed E-state index contributed by atoms with van der Waals surface area (Å²) in [5.41, 5.74) is 0. The van der Waals surface area contributed by atoms with Crippen molar-refractivity contribution >= 4 is 0 Å². The summed E-state index contributed by atoms with van der Waals surface area (Å²) in [6.07, 6.45) is 2.56. The SMILES string of the molecule is CCOc1ccccc1OCC(C)CCC1CNCCO1. The maximum absolute atomic E-state index is 5.91. The molecule has 118 valence electrons. The highest BCUT2D eigenvalue weighted by molar-refractivity contribution is 5.39. The third-order valence-electron chi connectivity index (χ3n) is 3.66. The summed E-state index contributed by atoms with van der Waals surface area (Å²) >= 11 is 0. The second-order valence-electron chi connectivity index (χ2n) is 5.57. The van der Waals surface area contributed by atoms with Gasteiger partial charge in [-0.05, 0) is 37.8 Å². The first kappa shape index (κ1) is 16.1. The van der Waals surface area contributed by atoms with Crippen LogP contribution in [0.1, 0.15) is 26.7 Å². The van der Waals surface area contributed by atoms with E-state index in [-0.39, 0.29) is 0 Å². The van der Waals surface area contributed by atoms with E-state index < -0.39 is 0 Å². The average molecular weight is 293 g/mol. The molecule has 1 saturated heterocycles. The van der Waals surface area contributed by atoms with Gasteiger partial charge in [0.05, 0.1) is 25.9 Å². The summed E-state index contributed by atoms with van der Waals surface area (Å²) in [7, 11) is 0. The minimum Gasteiger partial charge on any atom is -0.490 e. The molecule has 0 aromatic heterocycles. The summed E-state index contributed by atoms with van der Waals surface area (Å²) in [4.78, 5) is 0. The van der Waals surface area contributed by atoms with Crippen molar-refractivity contribution in [2.75, 3.05) is 32.9 Å². The van der Waals surface area contributed by atoms with E-state index in [1.807, 2.05) is 31.2 Å². The Balaban J connectivity index is 1.71. The van der Waals surface area contributed by atoms with Crippen LogP contribution in [-0.4, -0.2) is 39.0 Å². The van der Waals surface area contributed by atoms with Gasteiger partial charge < -0.3 is 19.5 Å². The van der Waals surface area contributed by atoms with E-state index in [0.717, 1.165) is 44.0 Å². The summed E-state index contributed by atoms with van der Waals surface area (Å²) in [6, 6.07) is 7.86. The zero-order valence-electron chi connectivity index (χ0n) is 13.1. The van der Waals surface area contributed by atoms with E-state index in [1.54, 1.807) is 0 Å². The molecular formula is C17H27NO3. The van der Waals surface area contributed by atoms with E-state index in [1.165, 1.54) is 0 Å². The lowest BCUT2D eigenvalue weighted by Gasteiger charge is -2.24. The number of hydrogen-bond acceptors (Lipinski definition) is 4. The fraction of sp³-hybridized carbons (Fsp3) is 0.647. The van der Waals surface area contributed by atoms with E-state index in [9.17, 15) is 0 Å². The lowest BCUT2D eigenvalue weighted by molar-refractivity contribution is 0.0190. The van der Waals surface area contributed by atoms with Crippen molar-refractivity contribution in [1.29, 1.82) is 0 Å². The molecule has 0 saturated carbocycles. The quantitative estimate of drug-likeness (QED) is 0.800. The van der Waals surface area contributed by atoms with Gasteiger partial charge in [-0.2, -0.15) is 0 Å². The van der Waals surface area contributed by atoms with Crippen molar-refractivity contribution in [3.8, 4) is 11.5 Å². The van der Waals surface area contributed by atoms with Crippen LogP contribution in [0.4, 0.5) is 0 Å². The Bertz CT molecular complexity index is 405. The fourth-order valence-electron chi connectivity index (χ4n) is 2.44. The molecule has 0 radical (unpaired) electrons. The molecule has 0 spiro atoms. The number of rotatable bonds is 8. The molecule has 2 rings (SSSR count). The van der Waals surface area contributed by atoms with Crippen molar-refractivity contribution in [3.63, 3.8) is 0 Å². The van der Waals surface area contributed by atoms with Gasteiger partial charge in [0.1, 0.15) is 0 Å². The number of morpholine rings is 1. The average Bonchev–Trinajstić information content (AvgIpc) is 2.53. The van der Waals surface area contributed by atoms with Gasteiger partial charge in [-0.25, -0.2) is 0 Å². The maximum atomic E-state index is 5.91. The zero-order valence-corrected chi connectivity index (χ0v) is 13.1. The van der Waals surface area contributed by atoms with Crippen LogP contribution in [0.3, 0.4) is 0 Å². The Hall–Kier alpha value is -1.26. The Kier molecular flexibility index (Phi) is 6.83. The second-order valence-corrected chi connectivity index (χ2v) is 5.57. The number of benzene rings is 1. The largest absolute Gasteiger partial charge is 0.490 e. The lowest BCUT2D eigenvalue weighted by Crippen LogP contribution is -2.38. The molecule has 4 nitrogen and oxygen atoms in total. The van der Waals surface area contributed by atoms with Crippen molar-refractivity contribution < 1.29 is 14.2 Å². The van der Waals surface area contributed by atoms with Gasteiger partial charge in [-0.3, -0.25) is 0 Å². The van der Waals surface area contributed by atoms with Gasteiger partial charge in [0.15, 0.2) is 11.5 Å². The van der Waals surface area contributed by atoms with Crippen LogP contribution in [0.2, 0.25) is 0 Å². The zero-order chi connectivity index (χ0) is 14.9. The summed E-state index contributed by atoms with van der Waals surface area (Å²) in [6.45, 7) is 8.35. The lowest BCUT2D eigenvalue weighted by atomic mass is 10.0. The van der Waals surface area contributed by atoms with Gasteiger partial charge in [-0.15, -0.1) is 0 Å². The van der Waals surface area contributed by atoms with Crippen LogP contribution in [0.5, 0.6) is 11.5 Å². The number of ether oxygens (including phenoxy) is 3. The van der Waals surface area contributed by atoms with Gasteiger partial charge in [0.25, 0.3) is 0 Å². The molecule has 0 aliphatic carbocycles. The van der Waals surface area contributed by atoms with Crippen molar-refractivity contribution in [2.45, 2.75) is 32.8 Å². The van der Waals surface area contributed by atoms with Crippen LogP contribution in [0.15, 0.2) is 24.3 Å².